The van der Waals surface area contributed by atoms with E-state index in [0.717, 1.165) is 27.8 Å². The van der Waals surface area contributed by atoms with E-state index in [1.807, 2.05) is 65.0 Å². The fraction of sp³-hybridized carbons (Fsp3) is 0.346. The molecule has 34 heavy (non-hydrogen) atoms. The van der Waals surface area contributed by atoms with Crippen LogP contribution in [0.3, 0.4) is 0 Å². The van der Waals surface area contributed by atoms with Gasteiger partial charge in [-0.15, -0.1) is 0 Å². The average molecular weight is 461 g/mol. The second kappa shape index (κ2) is 8.20. The van der Waals surface area contributed by atoms with Crippen molar-refractivity contribution in [3.63, 3.8) is 0 Å². The molecular weight excluding hydrogens is 432 g/mol. The summed E-state index contributed by atoms with van der Waals surface area (Å²) in [5.41, 5.74) is 4.47. The molecule has 0 radical (unpaired) electrons. The molecule has 2 N–H and O–H groups in total. The highest BCUT2D eigenvalue weighted by Crippen LogP contribution is 2.44. The molecule has 176 valence electrons. The Bertz CT molecular complexity index is 1310. The number of carbonyl (C=O) groups excluding carboxylic acids is 2. The number of carboxylic acid groups (broad SMARTS) is 1. The number of fused-ring (bicyclic) bond motifs is 6. The molecule has 0 spiro atoms. The summed E-state index contributed by atoms with van der Waals surface area (Å²) in [4.78, 5) is 42.1. The van der Waals surface area contributed by atoms with Gasteiger partial charge in [0.1, 0.15) is 18.8 Å². The number of aromatic nitrogens is 1. The number of rotatable bonds is 5. The maximum Gasteiger partial charge on any atom is 0.326 e. The molecule has 0 saturated carbocycles. The van der Waals surface area contributed by atoms with E-state index < -0.39 is 12.0 Å². The molecule has 3 aromatic rings. The van der Waals surface area contributed by atoms with Crippen LogP contribution in [0.25, 0.3) is 10.9 Å². The van der Waals surface area contributed by atoms with Gasteiger partial charge in [-0.2, -0.15) is 0 Å². The Morgan fingerprint density at radius 1 is 1.12 bits per heavy atom. The number of hydrogen-bond acceptors (Lipinski definition) is 4. The first-order valence-corrected chi connectivity index (χ1v) is 11.5. The smallest absolute Gasteiger partial charge is 0.326 e. The van der Waals surface area contributed by atoms with Crippen molar-refractivity contribution >= 4 is 34.4 Å². The molecule has 2 aromatic carbocycles. The van der Waals surface area contributed by atoms with Gasteiger partial charge >= 0.3 is 5.97 Å². The molecule has 0 bridgehead atoms. The van der Waals surface area contributed by atoms with E-state index in [2.05, 4.69) is 10.2 Å². The van der Waals surface area contributed by atoms with Crippen LogP contribution in [0.15, 0.2) is 48.5 Å². The topological polar surface area (TPSA) is 94.9 Å². The molecule has 5 rings (SSSR count). The van der Waals surface area contributed by atoms with Crippen molar-refractivity contribution in [1.82, 2.24) is 14.8 Å². The van der Waals surface area contributed by atoms with E-state index in [0.29, 0.717) is 18.5 Å². The van der Waals surface area contributed by atoms with Crippen LogP contribution >= 0.6 is 0 Å². The zero-order valence-corrected chi connectivity index (χ0v) is 19.5. The Morgan fingerprint density at radius 2 is 1.82 bits per heavy atom. The number of carboxylic acids is 1. The van der Waals surface area contributed by atoms with Crippen molar-refractivity contribution in [3.05, 3.63) is 65.4 Å². The third-order valence-electron chi connectivity index (χ3n) is 6.96. The van der Waals surface area contributed by atoms with Crippen LogP contribution in [0, 0.1) is 5.92 Å². The molecule has 8 nitrogen and oxygen atoms in total. The Kier molecular flexibility index (Phi) is 5.31. The lowest BCUT2D eigenvalue weighted by Gasteiger charge is -2.46. The lowest BCUT2D eigenvalue weighted by Crippen LogP contribution is -2.52. The van der Waals surface area contributed by atoms with E-state index in [-0.39, 0.29) is 30.4 Å². The number of amides is 2. The van der Waals surface area contributed by atoms with Crippen molar-refractivity contribution < 1.29 is 19.5 Å². The zero-order valence-electron chi connectivity index (χ0n) is 19.5. The van der Waals surface area contributed by atoms with Gasteiger partial charge in [-0.05, 0) is 36.1 Å². The minimum Gasteiger partial charge on any atom is -0.480 e. The predicted molar refractivity (Wildman–Crippen MR) is 129 cm³/mol. The third kappa shape index (κ3) is 3.32. The van der Waals surface area contributed by atoms with Gasteiger partial charge in [-0.1, -0.05) is 44.2 Å². The summed E-state index contributed by atoms with van der Waals surface area (Å²) in [7, 11) is 1.97. The van der Waals surface area contributed by atoms with Crippen LogP contribution in [0.1, 0.15) is 41.6 Å². The number of nitrogens with zero attached hydrogens (tertiary/aromatic N) is 3. The van der Waals surface area contributed by atoms with Gasteiger partial charge < -0.3 is 24.8 Å². The number of benzene rings is 2. The van der Waals surface area contributed by atoms with Crippen molar-refractivity contribution in [2.24, 2.45) is 5.92 Å². The summed E-state index contributed by atoms with van der Waals surface area (Å²) >= 11 is 0. The quantitative estimate of drug-likeness (QED) is 0.610. The molecule has 2 amide bonds. The van der Waals surface area contributed by atoms with E-state index >= 15 is 0 Å². The summed E-state index contributed by atoms with van der Waals surface area (Å²) < 4.78 is 1.95. The van der Waals surface area contributed by atoms with Crippen LogP contribution < -0.4 is 10.2 Å². The highest BCUT2D eigenvalue weighted by Gasteiger charge is 2.42. The number of aliphatic carboxylic acids is 1. The number of hydrogen-bond donors (Lipinski definition) is 2. The van der Waals surface area contributed by atoms with Crippen molar-refractivity contribution in [2.75, 3.05) is 18.5 Å². The summed E-state index contributed by atoms with van der Waals surface area (Å²) in [5.74, 6) is -1.68. The highest BCUT2D eigenvalue weighted by atomic mass is 16.4. The minimum absolute atomic E-state index is 0.0173. The Morgan fingerprint density at radius 3 is 2.56 bits per heavy atom. The van der Waals surface area contributed by atoms with E-state index in [1.54, 1.807) is 13.8 Å². The first-order chi connectivity index (χ1) is 16.3. The fourth-order valence-electron chi connectivity index (χ4n) is 5.36. The molecular formula is C26H28N4O4. The predicted octanol–water partition coefficient (Wildman–Crippen LogP) is 3.01. The van der Waals surface area contributed by atoms with Crippen molar-refractivity contribution in [1.29, 1.82) is 0 Å². The number of anilines is 1. The molecule has 3 heterocycles. The normalized spacial score (nSPS) is 17.9. The maximum absolute atomic E-state index is 13.4. The van der Waals surface area contributed by atoms with Gasteiger partial charge in [0.05, 0.1) is 16.9 Å². The van der Waals surface area contributed by atoms with E-state index in [4.69, 9.17) is 0 Å². The van der Waals surface area contributed by atoms with Gasteiger partial charge in [-0.3, -0.25) is 9.59 Å². The molecule has 2 aliphatic rings. The Labute approximate surface area is 197 Å². The first-order valence-electron chi connectivity index (χ1n) is 11.5. The van der Waals surface area contributed by atoms with Gasteiger partial charge in [0.15, 0.2) is 0 Å². The van der Waals surface area contributed by atoms with Crippen LogP contribution in [-0.4, -0.2) is 52.0 Å². The van der Waals surface area contributed by atoms with Crippen molar-refractivity contribution in [2.45, 2.75) is 39.0 Å². The summed E-state index contributed by atoms with van der Waals surface area (Å²) in [5, 5.41) is 13.3. The monoisotopic (exact) mass is 460 g/mol. The lowest BCUT2D eigenvalue weighted by atomic mass is 9.96. The number of para-hydroxylation sites is 2. The van der Waals surface area contributed by atoms with Crippen LogP contribution in [0.2, 0.25) is 0 Å². The lowest BCUT2D eigenvalue weighted by molar-refractivity contribution is -0.143. The molecule has 1 unspecified atom stereocenters. The van der Waals surface area contributed by atoms with E-state index in [9.17, 15) is 19.5 Å². The van der Waals surface area contributed by atoms with Gasteiger partial charge in [0, 0.05) is 24.5 Å². The molecule has 0 fully saturated rings. The standard InChI is InChI=1S/C26H28N4O4/c1-15(2)22(26(33)34)27-21(31)14-30-20-11-7-4-8-16(20)17-12-13-29-24(23(17)30)28(3)19-10-6-5-9-18(19)25(29)32/h4-11,15,22,24H,12-14H2,1-3H3,(H,27,31)(H,33,34)/t22-,24?/m0/s1. The number of carbonyl (C=O) groups is 3. The second-order valence-electron chi connectivity index (χ2n) is 9.34. The molecule has 2 aliphatic heterocycles. The van der Waals surface area contributed by atoms with Gasteiger partial charge in [0.25, 0.3) is 5.91 Å². The zero-order chi connectivity index (χ0) is 24.1. The first kappa shape index (κ1) is 22.0. The molecule has 2 atom stereocenters. The molecule has 8 heteroatoms. The summed E-state index contributed by atoms with van der Waals surface area (Å²) in [6.07, 6.45) is 0.332. The average Bonchev–Trinajstić information content (AvgIpc) is 3.14. The SMILES string of the molecule is CC(C)[C@H](NC(=O)Cn1c2c(c3ccccc31)CCN1C(=O)c3ccccc3N(C)C21)C(=O)O. The highest BCUT2D eigenvalue weighted by molar-refractivity contribution is 6.02. The summed E-state index contributed by atoms with van der Waals surface area (Å²) in [6, 6.07) is 14.5. The van der Waals surface area contributed by atoms with Crippen LogP contribution in [0.5, 0.6) is 0 Å². The van der Waals surface area contributed by atoms with Gasteiger partial charge in [0.2, 0.25) is 5.91 Å². The van der Waals surface area contributed by atoms with Crippen LogP contribution in [-0.2, 0) is 22.6 Å². The number of nitrogens with one attached hydrogen (secondary N) is 1. The third-order valence-corrected chi connectivity index (χ3v) is 6.96. The van der Waals surface area contributed by atoms with Crippen LogP contribution in [0.4, 0.5) is 5.69 Å². The second-order valence-corrected chi connectivity index (χ2v) is 9.34. The molecule has 1 aromatic heterocycles. The fourth-order valence-corrected chi connectivity index (χ4v) is 5.36. The largest absolute Gasteiger partial charge is 0.480 e. The molecule has 0 aliphatic carbocycles. The minimum atomic E-state index is -1.05. The Hall–Kier alpha value is -3.81. The van der Waals surface area contributed by atoms with Gasteiger partial charge in [-0.25, -0.2) is 4.79 Å². The van der Waals surface area contributed by atoms with Crippen molar-refractivity contribution in [3.8, 4) is 0 Å². The van der Waals surface area contributed by atoms with E-state index in [1.165, 1.54) is 0 Å². The Balaban J connectivity index is 1.61. The maximum atomic E-state index is 13.4. The summed E-state index contributed by atoms with van der Waals surface area (Å²) in [6.45, 7) is 4.10. The molecule has 0 saturated heterocycles.